The van der Waals surface area contributed by atoms with E-state index >= 15 is 0 Å². The van der Waals surface area contributed by atoms with Gasteiger partial charge in [-0.15, -0.1) is 0 Å². The Labute approximate surface area is 129 Å². The second kappa shape index (κ2) is 7.26. The predicted molar refractivity (Wildman–Crippen MR) is 85.2 cm³/mol. The van der Waals surface area contributed by atoms with Crippen molar-refractivity contribution in [2.45, 2.75) is 19.9 Å². The number of aryl methyl sites for hydroxylation is 1. The van der Waals surface area contributed by atoms with Gasteiger partial charge in [-0.25, -0.2) is 0 Å². The average Bonchev–Trinajstić information content (AvgIpc) is 2.50. The molecule has 0 saturated heterocycles. The van der Waals surface area contributed by atoms with E-state index in [9.17, 15) is 9.59 Å². The average molecular weight is 295 g/mol. The minimum Gasteiger partial charge on any atom is -0.324 e. The maximum Gasteiger partial charge on any atom is 0.258 e. The number of benzene rings is 2. The lowest BCUT2D eigenvalue weighted by Gasteiger charge is -2.09. The first-order valence-corrected chi connectivity index (χ1v) is 6.90. The molecule has 2 aromatic rings. The number of carbonyl (C=O) groups is 2. The molecule has 2 aromatic carbocycles. The number of ketones is 1. The molecule has 1 N–H and O–H groups in total. The molecule has 1 unspecified atom stereocenters. The molecule has 1 atom stereocenters. The van der Waals surface area contributed by atoms with Crippen molar-refractivity contribution in [1.82, 2.24) is 0 Å². The van der Waals surface area contributed by atoms with Crippen LogP contribution in [0.25, 0.3) is 0 Å². The van der Waals surface area contributed by atoms with Gasteiger partial charge in [-0.2, -0.15) is 10.2 Å². The number of amides is 1. The van der Waals surface area contributed by atoms with Crippen LogP contribution in [0.4, 0.5) is 11.4 Å². The summed E-state index contributed by atoms with van der Waals surface area (Å²) in [6.45, 7) is 3.29. The summed E-state index contributed by atoms with van der Waals surface area (Å²) in [6.07, 6.45) is 0. The Morgan fingerprint density at radius 1 is 1.00 bits per heavy atom. The first-order chi connectivity index (χ1) is 10.6. The summed E-state index contributed by atoms with van der Waals surface area (Å²) in [5, 5.41) is 10.5. The van der Waals surface area contributed by atoms with Gasteiger partial charge in [0.2, 0.25) is 6.04 Å². The fourth-order valence-corrected chi connectivity index (χ4v) is 1.79. The normalized spacial score (nSPS) is 12.1. The van der Waals surface area contributed by atoms with Crippen molar-refractivity contribution in [3.63, 3.8) is 0 Å². The molecule has 0 heterocycles. The van der Waals surface area contributed by atoms with Gasteiger partial charge in [-0.05, 0) is 38.1 Å². The van der Waals surface area contributed by atoms with Crippen molar-refractivity contribution in [3.05, 3.63) is 60.2 Å². The fraction of sp³-hybridized carbons (Fsp3) is 0.176. The predicted octanol–water partition coefficient (Wildman–Crippen LogP) is 3.68. The Hall–Kier alpha value is -2.82. The number of hydrogen-bond acceptors (Lipinski definition) is 4. The summed E-state index contributed by atoms with van der Waals surface area (Å²) >= 11 is 0. The standard InChI is InChI=1S/C17H17N3O2/c1-12-8-10-15(11-9-12)19-20-16(13(2)21)17(22)18-14-6-4-3-5-7-14/h3-11,16H,1-2H3,(H,18,22). The summed E-state index contributed by atoms with van der Waals surface area (Å²) in [4.78, 5) is 23.8. The first-order valence-electron chi connectivity index (χ1n) is 6.90. The van der Waals surface area contributed by atoms with Gasteiger partial charge in [0.15, 0.2) is 5.78 Å². The van der Waals surface area contributed by atoms with Gasteiger partial charge < -0.3 is 5.32 Å². The Morgan fingerprint density at radius 3 is 2.23 bits per heavy atom. The topological polar surface area (TPSA) is 70.9 Å². The highest BCUT2D eigenvalue weighted by atomic mass is 16.2. The molecule has 22 heavy (non-hydrogen) atoms. The number of nitrogens with zero attached hydrogens (tertiary/aromatic N) is 2. The maximum absolute atomic E-state index is 12.1. The zero-order valence-electron chi connectivity index (χ0n) is 12.5. The molecule has 1 amide bonds. The fourth-order valence-electron chi connectivity index (χ4n) is 1.79. The van der Waals surface area contributed by atoms with Crippen LogP contribution in [0.2, 0.25) is 0 Å². The Bertz CT molecular complexity index is 679. The van der Waals surface area contributed by atoms with E-state index in [-0.39, 0.29) is 5.78 Å². The molecule has 0 bridgehead atoms. The molecule has 5 heteroatoms. The van der Waals surface area contributed by atoms with Gasteiger partial charge in [-0.1, -0.05) is 35.9 Å². The smallest absolute Gasteiger partial charge is 0.258 e. The number of rotatable bonds is 5. The molecule has 112 valence electrons. The maximum atomic E-state index is 12.1. The van der Waals surface area contributed by atoms with Crippen LogP contribution in [0.5, 0.6) is 0 Å². The Morgan fingerprint density at radius 2 is 1.64 bits per heavy atom. The van der Waals surface area contributed by atoms with Crippen molar-refractivity contribution in [2.24, 2.45) is 10.2 Å². The molecular formula is C17H17N3O2. The molecule has 0 saturated carbocycles. The second-order valence-electron chi connectivity index (χ2n) is 4.92. The van der Waals surface area contributed by atoms with Crippen LogP contribution >= 0.6 is 0 Å². The molecule has 2 rings (SSSR count). The van der Waals surface area contributed by atoms with Crippen LogP contribution < -0.4 is 5.32 Å². The molecule has 0 radical (unpaired) electrons. The zero-order valence-corrected chi connectivity index (χ0v) is 12.5. The summed E-state index contributed by atoms with van der Waals surface area (Å²) in [5.41, 5.74) is 2.32. The third-order valence-electron chi connectivity index (χ3n) is 3.00. The van der Waals surface area contributed by atoms with Crippen molar-refractivity contribution in [1.29, 1.82) is 0 Å². The lowest BCUT2D eigenvalue weighted by atomic mass is 10.2. The third kappa shape index (κ3) is 4.34. The molecule has 0 aliphatic heterocycles. The minimum atomic E-state index is -1.15. The summed E-state index contributed by atoms with van der Waals surface area (Å²) in [5.74, 6) is -0.848. The molecule has 0 aliphatic carbocycles. The largest absolute Gasteiger partial charge is 0.324 e. The lowest BCUT2D eigenvalue weighted by molar-refractivity contribution is -0.126. The summed E-state index contributed by atoms with van der Waals surface area (Å²) in [7, 11) is 0. The molecule has 5 nitrogen and oxygen atoms in total. The minimum absolute atomic E-state index is 0.357. The van der Waals surface area contributed by atoms with E-state index in [1.165, 1.54) is 6.92 Å². The molecule has 0 spiro atoms. The van der Waals surface area contributed by atoms with E-state index in [4.69, 9.17) is 0 Å². The Balaban J connectivity index is 2.11. The van der Waals surface area contributed by atoms with Crippen LogP contribution in [0, 0.1) is 6.92 Å². The number of carbonyl (C=O) groups excluding carboxylic acids is 2. The first kappa shape index (κ1) is 15.6. The zero-order chi connectivity index (χ0) is 15.9. The monoisotopic (exact) mass is 295 g/mol. The lowest BCUT2D eigenvalue weighted by Crippen LogP contribution is -2.31. The number of hydrogen-bond donors (Lipinski definition) is 1. The van der Waals surface area contributed by atoms with Crippen LogP contribution in [-0.4, -0.2) is 17.7 Å². The van der Waals surface area contributed by atoms with Crippen molar-refractivity contribution >= 4 is 23.1 Å². The molecule has 0 fully saturated rings. The van der Waals surface area contributed by atoms with E-state index in [2.05, 4.69) is 15.5 Å². The third-order valence-corrected chi connectivity index (χ3v) is 3.00. The van der Waals surface area contributed by atoms with Crippen LogP contribution in [-0.2, 0) is 9.59 Å². The van der Waals surface area contributed by atoms with Crippen molar-refractivity contribution < 1.29 is 9.59 Å². The highest BCUT2D eigenvalue weighted by Gasteiger charge is 2.23. The van der Waals surface area contributed by atoms with Gasteiger partial charge in [0.1, 0.15) is 0 Å². The van der Waals surface area contributed by atoms with Crippen LogP contribution in [0.3, 0.4) is 0 Å². The van der Waals surface area contributed by atoms with Crippen LogP contribution in [0.15, 0.2) is 64.8 Å². The molecule has 0 aromatic heterocycles. The number of anilines is 1. The Kier molecular flexibility index (Phi) is 5.14. The summed E-state index contributed by atoms with van der Waals surface area (Å²) < 4.78 is 0. The van der Waals surface area contributed by atoms with Crippen LogP contribution in [0.1, 0.15) is 12.5 Å². The van der Waals surface area contributed by atoms with E-state index in [1.54, 1.807) is 36.4 Å². The summed E-state index contributed by atoms with van der Waals surface area (Å²) in [6, 6.07) is 15.1. The van der Waals surface area contributed by atoms with E-state index < -0.39 is 11.9 Å². The van der Waals surface area contributed by atoms with E-state index in [1.807, 2.05) is 25.1 Å². The van der Waals surface area contributed by atoms with Gasteiger partial charge in [-0.3, -0.25) is 9.59 Å². The van der Waals surface area contributed by atoms with Gasteiger partial charge in [0.05, 0.1) is 5.69 Å². The number of nitrogens with one attached hydrogen (secondary N) is 1. The van der Waals surface area contributed by atoms with Gasteiger partial charge in [0, 0.05) is 5.69 Å². The number of para-hydroxylation sites is 1. The van der Waals surface area contributed by atoms with Crippen molar-refractivity contribution in [3.8, 4) is 0 Å². The second-order valence-corrected chi connectivity index (χ2v) is 4.92. The highest BCUT2D eigenvalue weighted by Crippen LogP contribution is 2.14. The number of azo groups is 1. The SMILES string of the molecule is CC(=O)C(N=Nc1ccc(C)cc1)C(=O)Nc1ccccc1. The van der Waals surface area contributed by atoms with Gasteiger partial charge in [0.25, 0.3) is 5.91 Å². The van der Waals surface area contributed by atoms with E-state index in [0.29, 0.717) is 11.4 Å². The quantitative estimate of drug-likeness (QED) is 0.675. The molecular weight excluding hydrogens is 278 g/mol. The van der Waals surface area contributed by atoms with E-state index in [0.717, 1.165) is 5.56 Å². The molecule has 0 aliphatic rings. The van der Waals surface area contributed by atoms with Gasteiger partial charge >= 0.3 is 0 Å². The highest BCUT2D eigenvalue weighted by molar-refractivity contribution is 6.10. The number of Topliss-reactive ketones (excluding diaryl/α,β-unsaturated/α-hetero) is 1. The van der Waals surface area contributed by atoms with Crippen molar-refractivity contribution in [2.75, 3.05) is 5.32 Å².